The highest BCUT2D eigenvalue weighted by Crippen LogP contribution is 2.17. The molecule has 1 aliphatic rings. The van der Waals surface area contributed by atoms with Crippen LogP contribution in [-0.2, 0) is 6.54 Å². The fourth-order valence-corrected chi connectivity index (χ4v) is 2.07. The molecule has 0 atom stereocenters. The summed E-state index contributed by atoms with van der Waals surface area (Å²) in [5.74, 6) is 0. The molecule has 0 radical (unpaired) electrons. The Labute approximate surface area is 87.1 Å². The van der Waals surface area contributed by atoms with Crippen LogP contribution in [0.5, 0.6) is 0 Å². The van der Waals surface area contributed by atoms with Crippen LogP contribution in [0.15, 0.2) is 22.8 Å². The first kappa shape index (κ1) is 9.16. The lowest BCUT2D eigenvalue weighted by Crippen LogP contribution is -2.19. The summed E-state index contributed by atoms with van der Waals surface area (Å²) < 4.78 is 1.13. The van der Waals surface area contributed by atoms with Crippen LogP contribution in [0.4, 0.5) is 0 Å². The van der Waals surface area contributed by atoms with Gasteiger partial charge in [-0.1, -0.05) is 0 Å². The molecular formula is C10H13BrN2. The summed E-state index contributed by atoms with van der Waals surface area (Å²) in [5, 5.41) is 0. The van der Waals surface area contributed by atoms with E-state index in [2.05, 4.69) is 31.9 Å². The molecule has 70 valence electrons. The Morgan fingerprint density at radius 3 is 2.85 bits per heavy atom. The fourth-order valence-electron chi connectivity index (χ4n) is 1.69. The summed E-state index contributed by atoms with van der Waals surface area (Å²) in [4.78, 5) is 6.80. The van der Waals surface area contributed by atoms with Crippen molar-refractivity contribution in [3.63, 3.8) is 0 Å². The second-order valence-corrected chi connectivity index (χ2v) is 4.27. The number of rotatable bonds is 2. The lowest BCUT2D eigenvalue weighted by Gasteiger charge is -2.14. The van der Waals surface area contributed by atoms with E-state index in [0.29, 0.717) is 0 Å². The molecule has 13 heavy (non-hydrogen) atoms. The predicted octanol–water partition coefficient (Wildman–Crippen LogP) is 2.44. The molecule has 1 fully saturated rings. The highest BCUT2D eigenvalue weighted by atomic mass is 79.9. The maximum atomic E-state index is 4.35. The van der Waals surface area contributed by atoms with Gasteiger partial charge < -0.3 is 0 Å². The number of halogens is 1. The zero-order valence-corrected chi connectivity index (χ0v) is 9.13. The largest absolute Gasteiger partial charge is 0.297 e. The van der Waals surface area contributed by atoms with E-state index in [1.165, 1.54) is 25.9 Å². The van der Waals surface area contributed by atoms with Gasteiger partial charge in [0.25, 0.3) is 0 Å². The number of hydrogen-bond donors (Lipinski definition) is 0. The van der Waals surface area contributed by atoms with E-state index >= 15 is 0 Å². The molecule has 3 heteroatoms. The van der Waals surface area contributed by atoms with Gasteiger partial charge in [-0.2, -0.15) is 0 Å². The Balaban J connectivity index is 2.04. The summed E-state index contributed by atoms with van der Waals surface area (Å²) in [5.41, 5.74) is 1.16. The monoisotopic (exact) mass is 240 g/mol. The number of pyridine rings is 1. The smallest absolute Gasteiger partial charge is 0.0685 e. The van der Waals surface area contributed by atoms with E-state index in [0.717, 1.165) is 16.7 Å². The summed E-state index contributed by atoms with van der Waals surface area (Å²) in [6, 6.07) is 4.01. The van der Waals surface area contributed by atoms with Crippen LogP contribution in [0.2, 0.25) is 0 Å². The van der Waals surface area contributed by atoms with E-state index in [9.17, 15) is 0 Å². The van der Waals surface area contributed by atoms with Crippen LogP contribution < -0.4 is 0 Å². The van der Waals surface area contributed by atoms with Crippen molar-refractivity contribution < 1.29 is 0 Å². The van der Waals surface area contributed by atoms with Crippen LogP contribution in [0.3, 0.4) is 0 Å². The van der Waals surface area contributed by atoms with E-state index in [1.54, 1.807) is 0 Å². The van der Waals surface area contributed by atoms with E-state index in [1.807, 2.05) is 12.3 Å². The first-order valence-corrected chi connectivity index (χ1v) is 5.47. The average molecular weight is 241 g/mol. The molecule has 0 spiro atoms. The molecule has 2 nitrogen and oxygen atoms in total. The van der Waals surface area contributed by atoms with Crippen LogP contribution in [0.1, 0.15) is 18.5 Å². The van der Waals surface area contributed by atoms with Gasteiger partial charge in [-0.25, -0.2) is 0 Å². The Hall–Kier alpha value is -0.410. The summed E-state index contributed by atoms with van der Waals surface area (Å²) in [6.45, 7) is 3.44. The van der Waals surface area contributed by atoms with E-state index in [4.69, 9.17) is 0 Å². The predicted molar refractivity (Wildman–Crippen MR) is 56.4 cm³/mol. The minimum atomic E-state index is 0.988. The molecule has 2 heterocycles. The van der Waals surface area contributed by atoms with Crippen molar-refractivity contribution >= 4 is 15.9 Å². The molecule has 1 aromatic heterocycles. The second-order valence-electron chi connectivity index (χ2n) is 3.42. The second kappa shape index (κ2) is 4.20. The number of hydrogen-bond acceptors (Lipinski definition) is 2. The molecule has 0 aromatic carbocycles. The third-order valence-corrected chi connectivity index (χ3v) is 3.13. The molecule has 2 rings (SSSR count). The van der Waals surface area contributed by atoms with Crippen molar-refractivity contribution in [2.45, 2.75) is 19.4 Å². The van der Waals surface area contributed by atoms with Gasteiger partial charge in [-0.05, 0) is 54.0 Å². The van der Waals surface area contributed by atoms with Gasteiger partial charge >= 0.3 is 0 Å². The van der Waals surface area contributed by atoms with Crippen LogP contribution in [0, 0.1) is 0 Å². The average Bonchev–Trinajstić information content (AvgIpc) is 2.61. The SMILES string of the molecule is Brc1cccnc1CN1CCCC1. The lowest BCUT2D eigenvalue weighted by molar-refractivity contribution is 0.326. The van der Waals surface area contributed by atoms with Gasteiger partial charge in [0.1, 0.15) is 0 Å². The normalized spacial score (nSPS) is 17.9. The Morgan fingerprint density at radius 1 is 1.38 bits per heavy atom. The molecule has 0 bridgehead atoms. The van der Waals surface area contributed by atoms with Gasteiger partial charge in [-0.3, -0.25) is 9.88 Å². The van der Waals surface area contributed by atoms with Crippen molar-refractivity contribution in [3.05, 3.63) is 28.5 Å². The van der Waals surface area contributed by atoms with Crippen LogP contribution in [-0.4, -0.2) is 23.0 Å². The van der Waals surface area contributed by atoms with Crippen molar-refractivity contribution in [3.8, 4) is 0 Å². The summed E-state index contributed by atoms with van der Waals surface area (Å²) in [6.07, 6.45) is 4.53. The molecule has 0 saturated carbocycles. The van der Waals surface area contributed by atoms with Gasteiger partial charge in [0.2, 0.25) is 0 Å². The molecule has 1 aromatic rings. The Kier molecular flexibility index (Phi) is 2.96. The van der Waals surface area contributed by atoms with Crippen LogP contribution >= 0.6 is 15.9 Å². The first-order valence-electron chi connectivity index (χ1n) is 4.68. The van der Waals surface area contributed by atoms with Gasteiger partial charge in [-0.15, -0.1) is 0 Å². The standard InChI is InChI=1S/C10H13BrN2/c11-9-4-3-5-12-10(9)8-13-6-1-2-7-13/h3-5H,1-2,6-8H2. The zero-order valence-electron chi connectivity index (χ0n) is 7.54. The minimum Gasteiger partial charge on any atom is -0.297 e. The molecule has 1 aliphatic heterocycles. The van der Waals surface area contributed by atoms with E-state index < -0.39 is 0 Å². The van der Waals surface area contributed by atoms with Crippen molar-refractivity contribution in [1.82, 2.24) is 9.88 Å². The van der Waals surface area contributed by atoms with E-state index in [-0.39, 0.29) is 0 Å². The van der Waals surface area contributed by atoms with Gasteiger partial charge in [0, 0.05) is 17.2 Å². The maximum Gasteiger partial charge on any atom is 0.0685 e. The minimum absolute atomic E-state index is 0.988. The number of nitrogens with zero attached hydrogens (tertiary/aromatic N) is 2. The first-order chi connectivity index (χ1) is 6.36. The number of likely N-dealkylation sites (tertiary alicyclic amines) is 1. The van der Waals surface area contributed by atoms with Crippen molar-refractivity contribution in [2.75, 3.05) is 13.1 Å². The summed E-state index contributed by atoms with van der Waals surface area (Å²) in [7, 11) is 0. The van der Waals surface area contributed by atoms with Crippen molar-refractivity contribution in [2.24, 2.45) is 0 Å². The molecule has 1 saturated heterocycles. The third kappa shape index (κ3) is 2.29. The fraction of sp³-hybridized carbons (Fsp3) is 0.500. The highest BCUT2D eigenvalue weighted by Gasteiger charge is 2.13. The lowest BCUT2D eigenvalue weighted by atomic mass is 10.3. The Morgan fingerprint density at radius 2 is 2.15 bits per heavy atom. The topological polar surface area (TPSA) is 16.1 Å². The molecule has 0 N–H and O–H groups in total. The highest BCUT2D eigenvalue weighted by molar-refractivity contribution is 9.10. The maximum absolute atomic E-state index is 4.35. The summed E-state index contributed by atoms with van der Waals surface area (Å²) >= 11 is 3.51. The molecule has 0 amide bonds. The van der Waals surface area contributed by atoms with Crippen molar-refractivity contribution in [1.29, 1.82) is 0 Å². The molecular weight excluding hydrogens is 228 g/mol. The molecule has 0 unspecified atom stereocenters. The number of aromatic nitrogens is 1. The third-order valence-electron chi connectivity index (χ3n) is 2.41. The van der Waals surface area contributed by atoms with Gasteiger partial charge in [0.05, 0.1) is 5.69 Å². The van der Waals surface area contributed by atoms with Crippen LogP contribution in [0.25, 0.3) is 0 Å². The van der Waals surface area contributed by atoms with Gasteiger partial charge in [0.15, 0.2) is 0 Å². The quantitative estimate of drug-likeness (QED) is 0.790. The zero-order chi connectivity index (χ0) is 9.10. The molecule has 0 aliphatic carbocycles. The Bertz CT molecular complexity index is 282.